The van der Waals surface area contributed by atoms with E-state index in [1.807, 2.05) is 0 Å². The Balaban J connectivity index is 1.79. The number of thiazole rings is 1. The van der Waals surface area contributed by atoms with Crippen molar-refractivity contribution in [2.45, 2.75) is 24.8 Å². The van der Waals surface area contributed by atoms with Crippen molar-refractivity contribution in [3.8, 4) is 5.75 Å². The summed E-state index contributed by atoms with van der Waals surface area (Å²) in [5, 5.41) is 43.4. The first kappa shape index (κ1) is 22.7. The number of aromatic carboxylic acids is 1. The lowest BCUT2D eigenvalue weighted by Crippen LogP contribution is -2.37. The number of carbonyl (C=O) groups is 2. The molecule has 0 saturated carbocycles. The van der Waals surface area contributed by atoms with Crippen molar-refractivity contribution in [3.05, 3.63) is 40.4 Å². The maximum atomic E-state index is 12.9. The molecule has 0 radical (unpaired) electrons. The smallest absolute Gasteiger partial charge is 0.526 e. The van der Waals surface area contributed by atoms with Gasteiger partial charge in [0.25, 0.3) is 0 Å². The number of rotatable bonds is 9. The number of aromatic nitrogens is 1. The van der Waals surface area contributed by atoms with Gasteiger partial charge in [0.15, 0.2) is 16.6 Å². The molecule has 31 heavy (non-hydrogen) atoms. The van der Waals surface area contributed by atoms with Gasteiger partial charge < -0.3 is 35.6 Å². The van der Waals surface area contributed by atoms with E-state index in [0.717, 1.165) is 11.3 Å². The number of hydrogen-bond acceptors (Lipinski definition) is 11. The number of aliphatic hydroxyl groups is 2. The van der Waals surface area contributed by atoms with Crippen molar-refractivity contribution < 1.29 is 39.4 Å². The Bertz CT molecular complexity index is 998. The molecule has 1 aliphatic rings. The van der Waals surface area contributed by atoms with E-state index in [1.165, 1.54) is 11.4 Å². The van der Waals surface area contributed by atoms with Gasteiger partial charge in [0.2, 0.25) is 0 Å². The molecule has 1 unspecified atom stereocenters. The van der Waals surface area contributed by atoms with Gasteiger partial charge in [0, 0.05) is 17.6 Å². The molecule has 0 amide bonds. The van der Waals surface area contributed by atoms with E-state index < -0.39 is 37.4 Å². The molecule has 11 nitrogen and oxygen atoms in total. The van der Waals surface area contributed by atoms with Gasteiger partial charge in [0.05, 0.1) is 12.2 Å². The van der Waals surface area contributed by atoms with Crippen LogP contribution in [0.2, 0.25) is 5.82 Å². The van der Waals surface area contributed by atoms with E-state index in [4.69, 9.17) is 20.3 Å². The van der Waals surface area contributed by atoms with Gasteiger partial charge in [-0.2, -0.15) is 0 Å². The van der Waals surface area contributed by atoms with Gasteiger partial charge in [-0.1, -0.05) is 17.3 Å². The molecule has 0 bridgehead atoms. The van der Waals surface area contributed by atoms with Crippen molar-refractivity contribution in [1.29, 1.82) is 0 Å². The summed E-state index contributed by atoms with van der Waals surface area (Å²) in [5.41, 5.74) is 6.13. The molecule has 2 aromatic rings. The van der Waals surface area contributed by atoms with Crippen molar-refractivity contribution >= 4 is 41.1 Å². The Kier molecular flexibility index (Phi) is 7.23. The Morgan fingerprint density at radius 3 is 2.87 bits per heavy atom. The largest absolute Gasteiger partial charge is 0.535 e. The van der Waals surface area contributed by atoms with Crippen LogP contribution in [0, 0.1) is 0 Å². The molecule has 1 aromatic heterocycles. The van der Waals surface area contributed by atoms with Gasteiger partial charge in [-0.25, -0.2) is 9.78 Å². The first-order valence-corrected chi connectivity index (χ1v) is 10.1. The molecular weight excluding hydrogens is 429 g/mol. The number of nitrogens with two attached hydrogens (primary N) is 1. The van der Waals surface area contributed by atoms with Crippen molar-refractivity contribution in [2.75, 3.05) is 18.9 Å². The maximum absolute atomic E-state index is 12.9. The van der Waals surface area contributed by atoms with Gasteiger partial charge in [-0.3, -0.25) is 4.79 Å². The molecule has 2 heterocycles. The Labute approximate surface area is 180 Å². The van der Waals surface area contributed by atoms with Crippen LogP contribution in [-0.2, 0) is 16.1 Å². The lowest BCUT2D eigenvalue weighted by Gasteiger charge is -2.28. The number of nitrogen functional groups attached to an aromatic ring is 1. The van der Waals surface area contributed by atoms with Crippen LogP contribution >= 0.6 is 11.3 Å². The summed E-state index contributed by atoms with van der Waals surface area (Å²) in [5.74, 6) is -2.30. The van der Waals surface area contributed by atoms with E-state index in [1.54, 1.807) is 12.1 Å². The summed E-state index contributed by atoms with van der Waals surface area (Å²) in [6, 6.07) is 4.60. The molecule has 3 rings (SSSR count). The number of benzene rings is 1. The molecule has 164 valence electrons. The minimum Gasteiger partial charge on any atom is -0.535 e. The number of fused-ring (bicyclic) bond motifs is 1. The number of oxime groups is 1. The fourth-order valence-corrected chi connectivity index (χ4v) is 3.59. The van der Waals surface area contributed by atoms with Crippen LogP contribution in [0.4, 0.5) is 5.13 Å². The second-order valence-electron chi connectivity index (χ2n) is 6.84. The van der Waals surface area contributed by atoms with Crippen LogP contribution in [0.5, 0.6) is 5.75 Å². The summed E-state index contributed by atoms with van der Waals surface area (Å²) in [6.07, 6.45) is -1.16. The summed E-state index contributed by atoms with van der Waals surface area (Å²) < 4.78 is 5.41. The zero-order valence-electron chi connectivity index (χ0n) is 16.2. The van der Waals surface area contributed by atoms with E-state index in [9.17, 15) is 24.8 Å². The topological polar surface area (TPSA) is 185 Å². The Hall–Kier alpha value is -3.00. The lowest BCUT2D eigenvalue weighted by atomic mass is 9.64. The molecule has 0 fully saturated rings. The third-order valence-corrected chi connectivity index (χ3v) is 5.23. The molecular formula is C18H20BN3O8S. The molecule has 1 aromatic carbocycles. The zero-order valence-corrected chi connectivity index (χ0v) is 17.0. The normalized spacial score (nSPS) is 16.9. The highest BCUT2D eigenvalue weighted by Gasteiger charge is 2.38. The predicted octanol–water partition coefficient (Wildman–Crippen LogP) is -0.0576. The van der Waals surface area contributed by atoms with Crippen molar-refractivity contribution in [3.63, 3.8) is 0 Å². The van der Waals surface area contributed by atoms with Crippen LogP contribution in [0.25, 0.3) is 0 Å². The standard InChI is InChI=1S/C18H20BN3O8S/c20-18-21-13(8-31-18)15(22-29-7-11(24)6-23)14(25)5-10-4-9-2-1-3-12(17(26)27)16(9)30-19(10)28/h1-3,8,10-11,23-24,28H,4-7H2,(H2,20,21)(H,26,27)/b22-15-/t10-,11?/m1/s1. The van der Waals surface area contributed by atoms with Gasteiger partial charge in [-0.05, 0) is 18.1 Å². The first-order chi connectivity index (χ1) is 14.8. The van der Waals surface area contributed by atoms with E-state index in [2.05, 4.69) is 10.1 Å². The number of carbonyl (C=O) groups excluding carboxylic acids is 1. The first-order valence-electron chi connectivity index (χ1n) is 9.23. The zero-order chi connectivity index (χ0) is 22.5. The summed E-state index contributed by atoms with van der Waals surface area (Å²) >= 11 is 1.10. The second-order valence-corrected chi connectivity index (χ2v) is 7.73. The number of hydrogen-bond donors (Lipinski definition) is 5. The fraction of sp³-hybridized carbons (Fsp3) is 0.333. The highest BCUT2D eigenvalue weighted by atomic mass is 32.1. The summed E-state index contributed by atoms with van der Waals surface area (Å²) in [4.78, 5) is 33.3. The SMILES string of the molecule is Nc1nc(/C(=N/OCC(O)CO)C(=O)C[C@H]2Cc3cccc(C(=O)O)c3OB2O)cs1. The number of aliphatic hydroxyl groups excluding tert-OH is 2. The average Bonchev–Trinajstić information content (AvgIpc) is 3.16. The maximum Gasteiger partial charge on any atom is 0.526 e. The quantitative estimate of drug-likeness (QED) is 0.197. The predicted molar refractivity (Wildman–Crippen MR) is 111 cm³/mol. The van der Waals surface area contributed by atoms with Gasteiger partial charge in [-0.15, -0.1) is 11.3 Å². The fourth-order valence-electron chi connectivity index (χ4n) is 3.04. The molecule has 1 aliphatic heterocycles. The number of para-hydroxylation sites is 1. The minimum absolute atomic E-state index is 0.0719. The monoisotopic (exact) mass is 449 g/mol. The van der Waals surface area contributed by atoms with Crippen molar-refractivity contribution in [2.24, 2.45) is 5.16 Å². The van der Waals surface area contributed by atoms with Crippen LogP contribution in [0.3, 0.4) is 0 Å². The Morgan fingerprint density at radius 1 is 1.45 bits per heavy atom. The lowest BCUT2D eigenvalue weighted by molar-refractivity contribution is -0.113. The van der Waals surface area contributed by atoms with Gasteiger partial charge >= 0.3 is 13.1 Å². The molecule has 0 aliphatic carbocycles. The third kappa shape index (κ3) is 5.38. The number of nitrogens with zero attached hydrogens (tertiary/aromatic N) is 2. The summed E-state index contributed by atoms with van der Waals surface area (Å²) in [6.45, 7) is -0.876. The number of anilines is 1. The van der Waals surface area contributed by atoms with Crippen molar-refractivity contribution in [1.82, 2.24) is 4.98 Å². The molecule has 0 spiro atoms. The molecule has 0 saturated heterocycles. The molecule has 13 heteroatoms. The van der Waals surface area contributed by atoms with Gasteiger partial charge in [0.1, 0.15) is 24.2 Å². The number of ketones is 1. The molecule has 2 atom stereocenters. The second kappa shape index (κ2) is 9.87. The van der Waals surface area contributed by atoms with E-state index >= 15 is 0 Å². The number of carboxylic acid groups (broad SMARTS) is 1. The van der Waals surface area contributed by atoms with Crippen LogP contribution < -0.4 is 10.4 Å². The molecule has 6 N–H and O–H groups in total. The van der Waals surface area contributed by atoms with E-state index in [-0.39, 0.29) is 47.3 Å². The minimum atomic E-state index is -1.41. The van der Waals surface area contributed by atoms with E-state index in [0.29, 0.717) is 5.56 Å². The highest BCUT2D eigenvalue weighted by molar-refractivity contribution is 7.13. The summed E-state index contributed by atoms with van der Waals surface area (Å²) in [7, 11) is -1.41. The number of carboxylic acids is 1. The van der Waals surface area contributed by atoms with Crippen LogP contribution in [0.1, 0.15) is 28.0 Å². The van der Waals surface area contributed by atoms with Crippen LogP contribution in [0.15, 0.2) is 28.7 Å². The Morgan fingerprint density at radius 2 is 2.23 bits per heavy atom. The third-order valence-electron chi connectivity index (χ3n) is 4.56. The highest BCUT2D eigenvalue weighted by Crippen LogP contribution is 2.36. The average molecular weight is 449 g/mol. The van der Waals surface area contributed by atoms with Crippen LogP contribution in [-0.4, -0.2) is 69.2 Å². The number of Topliss-reactive ketones (excluding diaryl/α,β-unsaturated/α-hetero) is 1.